The van der Waals surface area contributed by atoms with Crippen LogP contribution >= 0.6 is 0 Å². The zero-order valence-electron chi connectivity index (χ0n) is 19.6. The van der Waals surface area contributed by atoms with Crippen LogP contribution in [0.1, 0.15) is 107 Å². The summed E-state index contributed by atoms with van der Waals surface area (Å²) in [7, 11) is -3.98. The first kappa shape index (κ1) is 46.6. The highest BCUT2D eigenvalue weighted by molar-refractivity contribution is 7.85. The molecule has 3 atom stereocenters. The summed E-state index contributed by atoms with van der Waals surface area (Å²) < 4.78 is 41.0. The van der Waals surface area contributed by atoms with Gasteiger partial charge in [-0.3, -0.25) is 9.35 Å². The monoisotopic (exact) mass is 572 g/mol. The minimum Gasteiger partial charge on any atom is -0.463 e. The van der Waals surface area contributed by atoms with E-state index in [1.54, 1.807) is 0 Å². The molecule has 230 valence electrons. The lowest BCUT2D eigenvalue weighted by atomic mass is 9.81. The topological polar surface area (TPSA) is 89.9 Å². The Morgan fingerprint density at radius 1 is 0.795 bits per heavy atom. The molecule has 0 radical (unpaired) electrons. The molecule has 0 saturated carbocycles. The van der Waals surface area contributed by atoms with E-state index < -0.39 is 10.1 Å². The van der Waals surface area contributed by atoms with Crippen LogP contribution in [-0.2, 0) is 24.4 Å². The van der Waals surface area contributed by atoms with Crippen LogP contribution in [0.2, 0.25) is 0 Å². The van der Waals surface area contributed by atoms with E-state index in [9.17, 15) is 13.2 Å². The Hall–Kier alpha value is -2.22. The molecule has 0 heterocycles. The van der Waals surface area contributed by atoms with Crippen LogP contribution in [0, 0.1) is 5.92 Å². The SMILES string of the molecule is C.C.C.C.C.C.CCC(CC(CC(C)c1ccccc1)C(=O)OCCOCCCS(=O)(=O)O)c1ccccc1. The molecule has 0 aliphatic rings. The Kier molecular flexibility index (Phi) is 29.6. The van der Waals surface area contributed by atoms with Gasteiger partial charge in [0.2, 0.25) is 0 Å². The maximum Gasteiger partial charge on any atom is 0.309 e. The number of esters is 1. The molecule has 39 heavy (non-hydrogen) atoms. The average molecular weight is 573 g/mol. The van der Waals surface area contributed by atoms with Gasteiger partial charge in [0.05, 0.1) is 18.3 Å². The lowest BCUT2D eigenvalue weighted by molar-refractivity contribution is -0.151. The van der Waals surface area contributed by atoms with E-state index in [2.05, 4.69) is 38.1 Å². The molecule has 0 aliphatic carbocycles. The molecule has 2 aromatic rings. The number of hydrogen-bond acceptors (Lipinski definition) is 5. The Bertz CT molecular complexity index is 916. The van der Waals surface area contributed by atoms with Crippen molar-refractivity contribution in [2.45, 2.75) is 95.9 Å². The van der Waals surface area contributed by atoms with Crippen molar-refractivity contribution in [3.05, 3.63) is 71.8 Å². The quantitative estimate of drug-likeness (QED) is 0.130. The van der Waals surface area contributed by atoms with Gasteiger partial charge < -0.3 is 9.47 Å². The molecule has 0 bridgehead atoms. The fourth-order valence-corrected chi connectivity index (χ4v) is 4.49. The second-order valence-electron chi connectivity index (χ2n) is 8.42. The Morgan fingerprint density at radius 2 is 1.31 bits per heavy atom. The third kappa shape index (κ3) is 18.7. The van der Waals surface area contributed by atoms with Crippen LogP contribution in [0.4, 0.5) is 0 Å². The molecule has 0 fully saturated rings. The predicted molar refractivity (Wildman–Crippen MR) is 170 cm³/mol. The van der Waals surface area contributed by atoms with Crippen LogP contribution < -0.4 is 0 Å². The van der Waals surface area contributed by atoms with Gasteiger partial charge in [0.1, 0.15) is 6.61 Å². The summed E-state index contributed by atoms with van der Waals surface area (Å²) in [6, 6.07) is 20.4. The highest BCUT2D eigenvalue weighted by Crippen LogP contribution is 2.33. The van der Waals surface area contributed by atoms with Crippen LogP contribution in [0.25, 0.3) is 0 Å². The van der Waals surface area contributed by atoms with Crippen molar-refractivity contribution in [3.8, 4) is 0 Å². The van der Waals surface area contributed by atoms with Gasteiger partial charge in [-0.15, -0.1) is 0 Å². The van der Waals surface area contributed by atoms with Crippen LogP contribution in [0.15, 0.2) is 60.7 Å². The Morgan fingerprint density at radius 3 is 1.79 bits per heavy atom. The summed E-state index contributed by atoms with van der Waals surface area (Å²) in [6.07, 6.45) is 2.54. The van der Waals surface area contributed by atoms with E-state index in [0.717, 1.165) is 6.42 Å². The number of carbonyl (C=O) groups is 1. The van der Waals surface area contributed by atoms with Crippen molar-refractivity contribution in [1.29, 1.82) is 0 Å². The number of carbonyl (C=O) groups excluding carboxylic acids is 1. The first-order chi connectivity index (χ1) is 15.8. The Labute approximate surface area is 242 Å². The normalized spacial score (nSPS) is 12.2. The van der Waals surface area contributed by atoms with Gasteiger partial charge >= 0.3 is 5.97 Å². The van der Waals surface area contributed by atoms with Crippen molar-refractivity contribution < 1.29 is 27.2 Å². The third-order valence-corrected chi connectivity index (χ3v) is 6.64. The van der Waals surface area contributed by atoms with Gasteiger partial charge in [-0.2, -0.15) is 8.42 Å². The number of benzene rings is 2. The van der Waals surface area contributed by atoms with Crippen molar-refractivity contribution in [3.63, 3.8) is 0 Å². The van der Waals surface area contributed by atoms with Crippen LogP contribution in [0.3, 0.4) is 0 Å². The summed E-state index contributed by atoms with van der Waals surface area (Å²) in [4.78, 5) is 13.0. The van der Waals surface area contributed by atoms with Crippen LogP contribution in [0.5, 0.6) is 0 Å². The molecule has 0 aromatic heterocycles. The maximum atomic E-state index is 13.0. The highest BCUT2D eigenvalue weighted by Gasteiger charge is 2.27. The molecular formula is C32H60O6S. The minimum atomic E-state index is -3.98. The standard InChI is InChI=1S/C26H36O6S.6CH4/c1-3-22(24-13-8-5-9-14-24)20-25(19-21(2)23-11-6-4-7-12-23)26(27)32-17-16-31-15-10-18-33(28,29)30;;;;;;/h4-9,11-14,21-22,25H,3,10,15-20H2,1-2H3,(H,28,29,30);6*1H4. The molecule has 2 rings (SSSR count). The summed E-state index contributed by atoms with van der Waals surface area (Å²) in [5.41, 5.74) is 2.43. The van der Waals surface area contributed by atoms with Gasteiger partial charge in [-0.1, -0.05) is 119 Å². The molecule has 2 aromatic carbocycles. The first-order valence-electron chi connectivity index (χ1n) is 11.6. The molecule has 0 aliphatic heterocycles. The zero-order valence-corrected chi connectivity index (χ0v) is 20.4. The van der Waals surface area contributed by atoms with E-state index in [1.807, 2.05) is 36.4 Å². The number of hydrogen-bond donors (Lipinski definition) is 1. The third-order valence-electron chi connectivity index (χ3n) is 5.84. The summed E-state index contributed by atoms with van der Waals surface area (Å²) >= 11 is 0. The summed E-state index contributed by atoms with van der Waals surface area (Å²) in [6.45, 7) is 4.76. The molecule has 0 spiro atoms. The highest BCUT2D eigenvalue weighted by atomic mass is 32.2. The molecule has 0 saturated heterocycles. The van der Waals surface area contributed by atoms with Gasteiger partial charge in [-0.25, -0.2) is 0 Å². The Balaban J connectivity index is -0.000000642. The maximum absolute atomic E-state index is 13.0. The van der Waals surface area contributed by atoms with E-state index in [4.69, 9.17) is 14.0 Å². The molecule has 1 N–H and O–H groups in total. The molecule has 0 amide bonds. The second kappa shape index (κ2) is 24.8. The van der Waals surface area contributed by atoms with Crippen molar-refractivity contribution >= 4 is 16.1 Å². The molecule has 3 unspecified atom stereocenters. The predicted octanol–water partition coefficient (Wildman–Crippen LogP) is 9.03. The smallest absolute Gasteiger partial charge is 0.309 e. The van der Waals surface area contributed by atoms with Crippen molar-refractivity contribution in [2.24, 2.45) is 5.92 Å². The second-order valence-corrected chi connectivity index (χ2v) is 9.99. The van der Waals surface area contributed by atoms with Gasteiger partial charge in [0, 0.05) is 6.61 Å². The fraction of sp³-hybridized carbons (Fsp3) is 0.594. The van der Waals surface area contributed by atoms with Crippen LogP contribution in [-0.4, -0.2) is 44.5 Å². The number of ether oxygens (including phenoxy) is 2. The fourth-order valence-electron chi connectivity index (χ4n) is 4.00. The van der Waals surface area contributed by atoms with E-state index >= 15 is 0 Å². The zero-order chi connectivity index (χ0) is 24.1. The van der Waals surface area contributed by atoms with Crippen molar-refractivity contribution in [2.75, 3.05) is 25.6 Å². The minimum absolute atomic E-state index is 0. The van der Waals surface area contributed by atoms with Gasteiger partial charge in [0.25, 0.3) is 10.1 Å². The average Bonchev–Trinajstić information content (AvgIpc) is 2.81. The van der Waals surface area contributed by atoms with Gasteiger partial charge in [-0.05, 0) is 48.6 Å². The largest absolute Gasteiger partial charge is 0.463 e. The van der Waals surface area contributed by atoms with E-state index in [0.29, 0.717) is 12.8 Å². The van der Waals surface area contributed by atoms with Gasteiger partial charge in [0.15, 0.2) is 0 Å². The molecule has 6 nitrogen and oxygen atoms in total. The first-order valence-corrected chi connectivity index (χ1v) is 13.2. The molecule has 7 heteroatoms. The lowest BCUT2D eigenvalue weighted by Crippen LogP contribution is -2.24. The lowest BCUT2D eigenvalue weighted by Gasteiger charge is -2.25. The van der Waals surface area contributed by atoms with Crippen molar-refractivity contribution in [1.82, 2.24) is 0 Å². The summed E-state index contributed by atoms with van der Waals surface area (Å²) in [5.74, 6) is -0.333. The summed E-state index contributed by atoms with van der Waals surface area (Å²) in [5, 5.41) is 0. The number of rotatable bonds is 15. The molecular weight excluding hydrogens is 512 g/mol. The van der Waals surface area contributed by atoms with E-state index in [-0.39, 0.29) is 100 Å². The van der Waals surface area contributed by atoms with E-state index in [1.165, 1.54) is 11.1 Å².